The van der Waals surface area contributed by atoms with E-state index in [1.165, 1.54) is 18.6 Å². The third-order valence-corrected chi connectivity index (χ3v) is 5.12. The van der Waals surface area contributed by atoms with Crippen LogP contribution in [0.3, 0.4) is 0 Å². The summed E-state index contributed by atoms with van der Waals surface area (Å²) in [4.78, 5) is 12.7. The maximum Gasteiger partial charge on any atom is 0.159 e. The van der Waals surface area contributed by atoms with Gasteiger partial charge in [-0.3, -0.25) is 9.67 Å². The molecule has 0 radical (unpaired) electrons. The predicted octanol–water partition coefficient (Wildman–Crippen LogP) is 3.92. The van der Waals surface area contributed by atoms with E-state index in [1.54, 1.807) is 21.5 Å². The average molecular weight is 413 g/mol. The molecule has 0 spiro atoms. The van der Waals surface area contributed by atoms with Crippen molar-refractivity contribution < 1.29 is 4.39 Å². The SMILES string of the molecule is Cc1nn(-c2cc(Nc3nn(C)c(-c4ccc(F)cn4)c3C)ncn2)c(C)c1Cl. The minimum absolute atomic E-state index is 0.385. The van der Waals surface area contributed by atoms with E-state index in [0.29, 0.717) is 28.2 Å². The van der Waals surface area contributed by atoms with Crippen molar-refractivity contribution in [3.63, 3.8) is 0 Å². The molecule has 0 saturated heterocycles. The Kier molecular flexibility index (Phi) is 4.75. The van der Waals surface area contributed by atoms with Crippen molar-refractivity contribution in [1.29, 1.82) is 0 Å². The molecule has 0 saturated carbocycles. The number of rotatable bonds is 4. The third kappa shape index (κ3) is 3.44. The molecular weight excluding hydrogens is 395 g/mol. The first-order valence-corrected chi connectivity index (χ1v) is 9.19. The van der Waals surface area contributed by atoms with E-state index in [1.807, 2.05) is 27.8 Å². The lowest BCUT2D eigenvalue weighted by atomic mass is 10.2. The summed E-state index contributed by atoms with van der Waals surface area (Å²) < 4.78 is 16.6. The molecule has 8 nitrogen and oxygen atoms in total. The summed E-state index contributed by atoms with van der Waals surface area (Å²) in [5.74, 6) is 1.37. The molecule has 0 aliphatic carbocycles. The quantitative estimate of drug-likeness (QED) is 0.546. The van der Waals surface area contributed by atoms with Crippen molar-refractivity contribution in [2.45, 2.75) is 20.8 Å². The molecule has 0 bridgehead atoms. The van der Waals surface area contributed by atoms with Gasteiger partial charge in [0.2, 0.25) is 0 Å². The van der Waals surface area contributed by atoms with E-state index < -0.39 is 0 Å². The smallest absolute Gasteiger partial charge is 0.159 e. The summed E-state index contributed by atoms with van der Waals surface area (Å²) in [5, 5.41) is 12.7. The Hall–Kier alpha value is -3.33. The van der Waals surface area contributed by atoms with E-state index in [-0.39, 0.29) is 5.82 Å². The van der Waals surface area contributed by atoms with Gasteiger partial charge < -0.3 is 5.32 Å². The van der Waals surface area contributed by atoms with Gasteiger partial charge in [0, 0.05) is 18.7 Å². The van der Waals surface area contributed by atoms with Crippen molar-refractivity contribution in [2.24, 2.45) is 7.05 Å². The summed E-state index contributed by atoms with van der Waals surface area (Å²) in [7, 11) is 1.81. The first-order chi connectivity index (χ1) is 13.8. The zero-order valence-corrected chi connectivity index (χ0v) is 17.0. The Morgan fingerprint density at radius 1 is 1.07 bits per heavy atom. The largest absolute Gasteiger partial charge is 0.323 e. The first kappa shape index (κ1) is 19.0. The summed E-state index contributed by atoms with van der Waals surface area (Å²) in [5.41, 5.74) is 3.81. The van der Waals surface area contributed by atoms with Crippen LogP contribution < -0.4 is 5.32 Å². The highest BCUT2D eigenvalue weighted by atomic mass is 35.5. The molecule has 0 aromatic carbocycles. The van der Waals surface area contributed by atoms with E-state index >= 15 is 0 Å². The Bertz CT molecular complexity index is 1200. The van der Waals surface area contributed by atoms with Crippen molar-refractivity contribution in [1.82, 2.24) is 34.5 Å². The molecule has 0 aliphatic rings. The molecule has 4 aromatic heterocycles. The van der Waals surface area contributed by atoms with Crippen LogP contribution in [-0.2, 0) is 7.05 Å². The van der Waals surface area contributed by atoms with Gasteiger partial charge in [0.1, 0.15) is 18.0 Å². The normalized spacial score (nSPS) is 11.1. The molecule has 4 heterocycles. The molecule has 10 heteroatoms. The van der Waals surface area contributed by atoms with E-state index in [0.717, 1.165) is 22.6 Å². The second kappa shape index (κ2) is 7.25. The Morgan fingerprint density at radius 2 is 1.86 bits per heavy atom. The molecule has 4 rings (SSSR count). The van der Waals surface area contributed by atoms with E-state index in [9.17, 15) is 4.39 Å². The van der Waals surface area contributed by atoms with E-state index in [2.05, 4.69) is 30.5 Å². The van der Waals surface area contributed by atoms with Gasteiger partial charge in [-0.25, -0.2) is 19.0 Å². The van der Waals surface area contributed by atoms with Crippen LogP contribution in [0.5, 0.6) is 0 Å². The lowest BCUT2D eigenvalue weighted by Crippen LogP contribution is -2.04. The monoisotopic (exact) mass is 412 g/mol. The van der Waals surface area contributed by atoms with Gasteiger partial charge in [0.05, 0.1) is 34.0 Å². The van der Waals surface area contributed by atoms with Gasteiger partial charge in [0.15, 0.2) is 11.6 Å². The second-order valence-corrected chi connectivity index (χ2v) is 6.97. The number of nitrogens with one attached hydrogen (secondary N) is 1. The average Bonchev–Trinajstić information content (AvgIpc) is 3.12. The highest BCUT2D eigenvalue weighted by Crippen LogP contribution is 2.29. The zero-order valence-electron chi connectivity index (χ0n) is 16.3. The molecule has 0 aliphatic heterocycles. The first-order valence-electron chi connectivity index (χ1n) is 8.82. The van der Waals surface area contributed by atoms with Crippen LogP contribution in [0.25, 0.3) is 17.2 Å². The van der Waals surface area contributed by atoms with Crippen molar-refractivity contribution in [3.8, 4) is 17.2 Å². The highest BCUT2D eigenvalue weighted by Gasteiger charge is 2.17. The number of pyridine rings is 1. The number of aromatic nitrogens is 7. The summed E-state index contributed by atoms with van der Waals surface area (Å²) in [6, 6.07) is 4.76. The maximum atomic E-state index is 13.2. The molecule has 0 unspecified atom stereocenters. The van der Waals surface area contributed by atoms with Crippen LogP contribution in [0.2, 0.25) is 5.02 Å². The molecule has 0 amide bonds. The third-order valence-electron chi connectivity index (χ3n) is 4.57. The van der Waals surface area contributed by atoms with Gasteiger partial charge in [-0.1, -0.05) is 11.6 Å². The molecule has 0 atom stereocenters. The standard InChI is InChI=1S/C19H18ClFN8/c1-10-18(14-6-5-13(21)8-22-14)28(4)27-19(10)25-15-7-16(24-9-23-15)29-12(3)17(20)11(2)26-29/h5-9H,1-4H3,(H,23,24,25,27). The van der Waals surface area contributed by atoms with Crippen LogP contribution >= 0.6 is 11.6 Å². The maximum absolute atomic E-state index is 13.2. The molecule has 148 valence electrons. The van der Waals surface area contributed by atoms with Crippen LogP contribution in [0.15, 0.2) is 30.7 Å². The molecule has 29 heavy (non-hydrogen) atoms. The van der Waals surface area contributed by atoms with Gasteiger partial charge in [0.25, 0.3) is 0 Å². The number of hydrogen-bond donors (Lipinski definition) is 1. The minimum atomic E-state index is -0.385. The van der Waals surface area contributed by atoms with Crippen molar-refractivity contribution in [3.05, 3.63) is 58.5 Å². The molecule has 4 aromatic rings. The van der Waals surface area contributed by atoms with Gasteiger partial charge >= 0.3 is 0 Å². The fourth-order valence-corrected chi connectivity index (χ4v) is 3.24. The van der Waals surface area contributed by atoms with Crippen LogP contribution in [0.4, 0.5) is 16.0 Å². The van der Waals surface area contributed by atoms with Crippen LogP contribution in [-0.4, -0.2) is 34.5 Å². The number of nitrogens with zero attached hydrogens (tertiary/aromatic N) is 7. The topological polar surface area (TPSA) is 86.3 Å². The fourth-order valence-electron chi connectivity index (χ4n) is 3.12. The van der Waals surface area contributed by atoms with Gasteiger partial charge in [-0.15, -0.1) is 0 Å². The second-order valence-electron chi connectivity index (χ2n) is 6.59. The Morgan fingerprint density at radius 3 is 2.52 bits per heavy atom. The van der Waals surface area contributed by atoms with Crippen LogP contribution in [0.1, 0.15) is 17.0 Å². The lowest BCUT2D eigenvalue weighted by Gasteiger charge is -2.07. The summed E-state index contributed by atoms with van der Waals surface area (Å²) >= 11 is 6.24. The summed E-state index contributed by atoms with van der Waals surface area (Å²) in [6.45, 7) is 5.63. The van der Waals surface area contributed by atoms with E-state index in [4.69, 9.17) is 11.6 Å². The lowest BCUT2D eigenvalue weighted by molar-refractivity contribution is 0.621. The van der Waals surface area contributed by atoms with Crippen LogP contribution in [0, 0.1) is 26.6 Å². The molecular formula is C19H18ClFN8. The summed E-state index contributed by atoms with van der Waals surface area (Å²) in [6.07, 6.45) is 2.63. The Balaban J connectivity index is 1.68. The highest BCUT2D eigenvalue weighted by molar-refractivity contribution is 6.31. The van der Waals surface area contributed by atoms with Crippen molar-refractivity contribution >= 4 is 23.2 Å². The minimum Gasteiger partial charge on any atom is -0.323 e. The predicted molar refractivity (Wildman–Crippen MR) is 108 cm³/mol. The zero-order chi connectivity index (χ0) is 20.7. The number of hydrogen-bond acceptors (Lipinski definition) is 6. The number of halogens is 2. The van der Waals surface area contributed by atoms with Crippen molar-refractivity contribution in [2.75, 3.05) is 5.32 Å². The van der Waals surface area contributed by atoms with Gasteiger partial charge in [-0.2, -0.15) is 10.2 Å². The Labute approximate surface area is 171 Å². The molecule has 0 fully saturated rings. The fraction of sp³-hybridized carbons (Fsp3) is 0.211. The number of aryl methyl sites for hydroxylation is 2. The number of anilines is 2. The van der Waals surface area contributed by atoms with Gasteiger partial charge in [-0.05, 0) is 32.9 Å². The molecule has 1 N–H and O–H groups in total.